The Kier molecular flexibility index (Phi) is 3.35. The number of aldehydes is 1. The normalized spacial score (nSPS) is 9.31. The van der Waals surface area contributed by atoms with E-state index >= 15 is 0 Å². The minimum Gasteiger partial charge on any atom is -0.297 e. The first kappa shape index (κ1) is 10.9. The first-order chi connectivity index (χ1) is 7.78. The van der Waals surface area contributed by atoms with Crippen LogP contribution in [0.2, 0.25) is 5.02 Å². The number of carbonyl (C=O) groups is 1. The summed E-state index contributed by atoms with van der Waals surface area (Å²) in [4.78, 5) is 15.0. The quantitative estimate of drug-likeness (QED) is 0.573. The van der Waals surface area contributed by atoms with Gasteiger partial charge in [0.2, 0.25) is 0 Å². The molecule has 2 rings (SSSR count). The van der Waals surface area contributed by atoms with Crippen molar-refractivity contribution in [2.75, 3.05) is 0 Å². The minimum atomic E-state index is 0.579. The molecule has 2 aromatic rings. The van der Waals surface area contributed by atoms with Crippen LogP contribution in [0.25, 0.3) is 0 Å². The van der Waals surface area contributed by atoms with Crippen LogP contribution in [0, 0.1) is 11.8 Å². The second-order valence-corrected chi connectivity index (χ2v) is 4.44. The number of aromatic nitrogens is 1. The topological polar surface area (TPSA) is 30.0 Å². The molecule has 0 fully saturated rings. The zero-order valence-corrected chi connectivity index (χ0v) is 9.68. The Morgan fingerprint density at radius 3 is 2.94 bits per heavy atom. The van der Waals surface area contributed by atoms with Crippen LogP contribution in [-0.4, -0.2) is 11.3 Å². The molecule has 0 atom stereocenters. The van der Waals surface area contributed by atoms with E-state index < -0.39 is 0 Å². The average molecular weight is 248 g/mol. The second-order valence-electron chi connectivity index (χ2n) is 2.95. The molecule has 0 radical (unpaired) electrons. The molecule has 1 heterocycles. The first-order valence-corrected chi connectivity index (χ1v) is 5.66. The first-order valence-electron chi connectivity index (χ1n) is 4.46. The van der Waals surface area contributed by atoms with Crippen LogP contribution in [0.1, 0.15) is 20.2 Å². The zero-order valence-electron chi connectivity index (χ0n) is 8.11. The maximum Gasteiger partial charge on any atom is 0.167 e. The van der Waals surface area contributed by atoms with Gasteiger partial charge in [0.25, 0.3) is 0 Å². The molecule has 1 aromatic heterocycles. The predicted octanol–water partition coefficient (Wildman–Crippen LogP) is 3.01. The Labute approximate surface area is 102 Å². The molecule has 0 N–H and O–H groups in total. The minimum absolute atomic E-state index is 0.579. The SMILES string of the molecule is O=Cc1cnc(C#Cc2cccc(Cl)c2)s1. The van der Waals surface area contributed by atoms with Crippen molar-refractivity contribution in [2.24, 2.45) is 0 Å². The van der Waals surface area contributed by atoms with E-state index in [1.54, 1.807) is 12.1 Å². The van der Waals surface area contributed by atoms with Gasteiger partial charge < -0.3 is 0 Å². The van der Waals surface area contributed by atoms with E-state index in [4.69, 9.17) is 11.6 Å². The fraction of sp³-hybridized carbons (Fsp3) is 0. The van der Waals surface area contributed by atoms with E-state index in [1.165, 1.54) is 17.5 Å². The van der Waals surface area contributed by atoms with Gasteiger partial charge in [-0.2, -0.15) is 0 Å². The Bertz CT molecular complexity index is 580. The summed E-state index contributed by atoms with van der Waals surface area (Å²) in [5.74, 6) is 5.82. The van der Waals surface area contributed by atoms with Crippen molar-refractivity contribution < 1.29 is 4.79 Å². The van der Waals surface area contributed by atoms with Gasteiger partial charge in [-0.25, -0.2) is 4.98 Å². The largest absolute Gasteiger partial charge is 0.297 e. The number of nitrogens with zero attached hydrogens (tertiary/aromatic N) is 1. The summed E-state index contributed by atoms with van der Waals surface area (Å²) in [6.07, 6.45) is 2.28. The highest BCUT2D eigenvalue weighted by Gasteiger charge is 1.96. The molecular formula is C12H6ClNOS. The molecule has 4 heteroatoms. The summed E-state index contributed by atoms with van der Waals surface area (Å²) in [7, 11) is 0. The maximum absolute atomic E-state index is 10.4. The van der Waals surface area contributed by atoms with E-state index in [0.717, 1.165) is 11.8 Å². The van der Waals surface area contributed by atoms with E-state index in [2.05, 4.69) is 16.8 Å². The van der Waals surface area contributed by atoms with Gasteiger partial charge in [-0.1, -0.05) is 23.6 Å². The molecule has 1 aromatic carbocycles. The van der Waals surface area contributed by atoms with Crippen molar-refractivity contribution in [3.8, 4) is 11.8 Å². The highest BCUT2D eigenvalue weighted by atomic mass is 35.5. The number of carbonyl (C=O) groups excluding carboxylic acids is 1. The van der Waals surface area contributed by atoms with Gasteiger partial charge in [0.1, 0.15) is 0 Å². The van der Waals surface area contributed by atoms with Crippen LogP contribution < -0.4 is 0 Å². The Morgan fingerprint density at radius 1 is 1.38 bits per heavy atom. The smallest absolute Gasteiger partial charge is 0.167 e. The van der Waals surface area contributed by atoms with Gasteiger partial charge in [0, 0.05) is 16.8 Å². The van der Waals surface area contributed by atoms with Crippen molar-refractivity contribution in [3.63, 3.8) is 0 Å². The van der Waals surface area contributed by atoms with Gasteiger partial charge in [-0.15, -0.1) is 11.3 Å². The standard InChI is InChI=1S/C12H6ClNOS/c13-10-3-1-2-9(6-10)4-5-12-14-7-11(8-15)16-12/h1-3,6-8H. The summed E-state index contributed by atoms with van der Waals surface area (Å²) >= 11 is 7.10. The van der Waals surface area contributed by atoms with E-state index in [0.29, 0.717) is 14.9 Å². The number of benzene rings is 1. The summed E-state index contributed by atoms with van der Waals surface area (Å²) in [6.45, 7) is 0. The molecule has 78 valence electrons. The molecule has 16 heavy (non-hydrogen) atoms. The van der Waals surface area contributed by atoms with Crippen LogP contribution in [0.15, 0.2) is 30.5 Å². The fourth-order valence-electron chi connectivity index (χ4n) is 1.09. The van der Waals surface area contributed by atoms with Crippen LogP contribution in [0.5, 0.6) is 0 Å². The number of hydrogen-bond acceptors (Lipinski definition) is 3. The number of hydrogen-bond donors (Lipinski definition) is 0. The molecule has 2 nitrogen and oxygen atoms in total. The lowest BCUT2D eigenvalue weighted by Gasteiger charge is -1.89. The van der Waals surface area contributed by atoms with Gasteiger partial charge >= 0.3 is 0 Å². The molecule has 0 aliphatic heterocycles. The van der Waals surface area contributed by atoms with E-state index in [1.807, 2.05) is 12.1 Å². The summed E-state index contributed by atoms with van der Waals surface area (Å²) in [6, 6.07) is 7.28. The molecule has 0 unspecified atom stereocenters. The van der Waals surface area contributed by atoms with Crippen LogP contribution in [0.4, 0.5) is 0 Å². The highest BCUT2D eigenvalue weighted by molar-refractivity contribution is 7.13. The van der Waals surface area contributed by atoms with Crippen LogP contribution >= 0.6 is 22.9 Å². The van der Waals surface area contributed by atoms with Crippen molar-refractivity contribution in [3.05, 3.63) is 50.9 Å². The van der Waals surface area contributed by atoms with Crippen molar-refractivity contribution >= 4 is 29.2 Å². The van der Waals surface area contributed by atoms with Gasteiger partial charge in [-0.3, -0.25) is 4.79 Å². The van der Waals surface area contributed by atoms with E-state index in [-0.39, 0.29) is 0 Å². The Hall–Kier alpha value is -1.63. The van der Waals surface area contributed by atoms with E-state index in [9.17, 15) is 4.79 Å². The molecular weight excluding hydrogens is 242 g/mol. The van der Waals surface area contributed by atoms with Crippen molar-refractivity contribution in [2.45, 2.75) is 0 Å². The van der Waals surface area contributed by atoms with Crippen LogP contribution in [-0.2, 0) is 0 Å². The second kappa shape index (κ2) is 4.93. The molecule has 0 spiro atoms. The van der Waals surface area contributed by atoms with Gasteiger partial charge in [0.05, 0.1) is 4.88 Å². The van der Waals surface area contributed by atoms with Crippen molar-refractivity contribution in [1.29, 1.82) is 0 Å². The third-order valence-corrected chi connectivity index (χ3v) is 2.85. The number of thiazole rings is 1. The van der Waals surface area contributed by atoms with Gasteiger partial charge in [0.15, 0.2) is 11.3 Å². The third-order valence-electron chi connectivity index (χ3n) is 1.78. The lowest BCUT2D eigenvalue weighted by Crippen LogP contribution is -1.74. The lowest BCUT2D eigenvalue weighted by molar-refractivity contribution is 0.112. The predicted molar refractivity (Wildman–Crippen MR) is 64.9 cm³/mol. The maximum atomic E-state index is 10.4. The molecule has 0 saturated heterocycles. The Morgan fingerprint density at radius 2 is 2.25 bits per heavy atom. The summed E-state index contributed by atoms with van der Waals surface area (Å²) in [5, 5.41) is 1.28. The third kappa shape index (κ3) is 2.69. The molecule has 0 bridgehead atoms. The zero-order chi connectivity index (χ0) is 11.4. The van der Waals surface area contributed by atoms with Crippen LogP contribution in [0.3, 0.4) is 0 Å². The summed E-state index contributed by atoms with van der Waals surface area (Å²) < 4.78 is 0. The molecule has 0 saturated carbocycles. The lowest BCUT2D eigenvalue weighted by atomic mass is 10.2. The fourth-order valence-corrected chi connectivity index (χ4v) is 1.87. The number of halogens is 1. The van der Waals surface area contributed by atoms with Gasteiger partial charge in [-0.05, 0) is 24.1 Å². The summed E-state index contributed by atoms with van der Waals surface area (Å²) in [5.41, 5.74) is 0.829. The monoisotopic (exact) mass is 247 g/mol. The highest BCUT2D eigenvalue weighted by Crippen LogP contribution is 2.11. The molecule has 0 aliphatic carbocycles. The molecule has 0 amide bonds. The molecule has 0 aliphatic rings. The average Bonchev–Trinajstić information content (AvgIpc) is 2.74. The number of rotatable bonds is 1. The Balaban J connectivity index is 2.24. The van der Waals surface area contributed by atoms with Crippen molar-refractivity contribution in [1.82, 2.24) is 4.98 Å².